The third kappa shape index (κ3) is 5.80. The third-order valence-electron chi connectivity index (χ3n) is 9.41. The van der Waals surface area contributed by atoms with E-state index in [2.05, 4.69) is 158 Å². The van der Waals surface area contributed by atoms with E-state index in [0.29, 0.717) is 0 Å². The van der Waals surface area contributed by atoms with Crippen LogP contribution in [0.5, 0.6) is 0 Å². The summed E-state index contributed by atoms with van der Waals surface area (Å²) in [6.45, 7) is 50.2. The molecule has 0 saturated heterocycles. The van der Waals surface area contributed by atoms with Crippen LogP contribution in [0.3, 0.4) is 0 Å². The second kappa shape index (κ2) is 11.3. The van der Waals surface area contributed by atoms with Gasteiger partial charge in [-0.05, 0) is 25.0 Å². The second-order valence-electron chi connectivity index (χ2n) is 18.4. The van der Waals surface area contributed by atoms with Gasteiger partial charge in [-0.1, -0.05) is 136 Å². The third-order valence-corrected chi connectivity index (χ3v) is 156. The lowest BCUT2D eigenvalue weighted by atomic mass is 10.1. The summed E-state index contributed by atoms with van der Waals surface area (Å²) in [4.78, 5) is 0. The van der Waals surface area contributed by atoms with Gasteiger partial charge in [0.15, 0.2) is 5.55 Å². The molecule has 0 fully saturated rings. The van der Waals surface area contributed by atoms with Crippen LogP contribution >= 0.6 is 16.9 Å². The van der Waals surface area contributed by atoms with E-state index in [1.54, 1.807) is 0 Å². The normalized spacial score (nSPS) is 15.4. The molecule has 0 radical (unpaired) electrons. The minimum atomic E-state index is -1.99. The number of nitrogens with zero attached hydrogens (tertiary/aromatic N) is 3. The van der Waals surface area contributed by atoms with Crippen LogP contribution in [-0.4, -0.2) is 67.6 Å². The molecule has 0 bridgehead atoms. The number of benzene rings is 1. The Hall–Kier alpha value is 0.825. The molecule has 13 heteroatoms. The number of hydrogen-bond acceptors (Lipinski definition) is 2. The minimum Gasteiger partial charge on any atom is -0.355 e. The van der Waals surface area contributed by atoms with Crippen molar-refractivity contribution in [3.8, 4) is 0 Å². The van der Waals surface area contributed by atoms with Crippen LogP contribution in [0.2, 0.25) is 118 Å². The molecule has 1 heterocycles. The molecule has 3 nitrogen and oxygen atoms in total. The Labute approximate surface area is 259 Å². The molecule has 0 aliphatic rings. The Balaban J connectivity index is 3.26. The van der Waals surface area contributed by atoms with Gasteiger partial charge in [-0.3, -0.25) is 0 Å². The first-order valence-electron chi connectivity index (χ1n) is 15.2. The van der Waals surface area contributed by atoms with Crippen molar-refractivity contribution in [2.45, 2.75) is 132 Å². The summed E-state index contributed by atoms with van der Waals surface area (Å²) in [5.41, 5.74) is 5.86. The molecule has 0 aliphatic heterocycles. The van der Waals surface area contributed by atoms with E-state index in [1.165, 1.54) is 39.2 Å². The molecule has 0 atom stereocenters. The smallest absolute Gasteiger partial charge is 0.175 e. The van der Waals surface area contributed by atoms with Crippen molar-refractivity contribution >= 4 is 87.2 Å². The first-order chi connectivity index (χ1) is 17.5. The molecule has 1 aromatic carbocycles. The molecular weight excluding hydrogens is 653 g/mol. The zero-order valence-electron chi connectivity index (χ0n) is 30.0. The zero-order valence-corrected chi connectivity index (χ0v) is 39.8. The van der Waals surface area contributed by atoms with Crippen molar-refractivity contribution < 1.29 is 0 Å². The molecule has 0 spiro atoms. The lowest BCUT2D eigenvalue weighted by Crippen LogP contribution is -2.89. The highest BCUT2D eigenvalue weighted by Gasteiger charge is 2.68. The predicted molar refractivity (Wildman–Crippen MR) is 212 cm³/mol. The minimum absolute atomic E-state index is 1.27. The SMILES string of the molecule is Cc1cccc(C)c1N(c1npn([Si]([Si](C)(C)C)([Si](C)(C)C)[Si](C)(C)C)p1)[Si]([Si](C)(C)C)([Si](C)(C)C)[Si](C)(C)C. The van der Waals surface area contributed by atoms with Crippen LogP contribution in [-0.2, 0) is 0 Å². The number of aromatic nitrogens is 2. The van der Waals surface area contributed by atoms with Gasteiger partial charge in [0, 0.05) is 5.69 Å². The van der Waals surface area contributed by atoms with Gasteiger partial charge in [0.2, 0.25) is 0 Å². The fraction of sp³-hybridized carbons (Fsp3) is 0.741. The number of rotatable bonds is 10. The van der Waals surface area contributed by atoms with Crippen molar-refractivity contribution in [2.75, 3.05) is 4.57 Å². The molecule has 0 N–H and O–H groups in total. The van der Waals surface area contributed by atoms with E-state index >= 15 is 0 Å². The van der Waals surface area contributed by atoms with Gasteiger partial charge in [0.25, 0.3) is 0 Å². The first kappa shape index (κ1) is 37.0. The van der Waals surface area contributed by atoms with E-state index in [9.17, 15) is 0 Å². The van der Waals surface area contributed by atoms with E-state index < -0.39 is 59.1 Å². The van der Waals surface area contributed by atoms with Crippen molar-refractivity contribution in [3.05, 3.63) is 29.3 Å². The monoisotopic (exact) mass is 715 g/mol. The Morgan fingerprint density at radius 2 is 0.925 bits per heavy atom. The van der Waals surface area contributed by atoms with Crippen LogP contribution in [0.1, 0.15) is 11.1 Å². The van der Waals surface area contributed by atoms with E-state index in [-0.39, 0.29) is 0 Å². The van der Waals surface area contributed by atoms with E-state index in [4.69, 9.17) is 4.75 Å². The van der Waals surface area contributed by atoms with Crippen LogP contribution in [0, 0.1) is 13.8 Å². The van der Waals surface area contributed by atoms with Gasteiger partial charge in [-0.2, -0.15) is 4.75 Å². The molecule has 2 aromatic rings. The van der Waals surface area contributed by atoms with Crippen LogP contribution in [0.4, 0.5) is 11.2 Å². The number of para-hydroxylation sites is 1. The van der Waals surface area contributed by atoms with E-state index in [0.717, 1.165) is 0 Å². The zero-order chi connectivity index (χ0) is 31.7. The van der Waals surface area contributed by atoms with Crippen LogP contribution in [0.25, 0.3) is 0 Å². The second-order valence-corrected chi connectivity index (χ2v) is 101. The van der Waals surface area contributed by atoms with Gasteiger partial charge < -0.3 is 8.32 Å². The Kier molecular flexibility index (Phi) is 10.5. The maximum absolute atomic E-state index is 5.72. The van der Waals surface area contributed by atoms with E-state index in [1.807, 2.05) is 0 Å². The van der Waals surface area contributed by atoms with Crippen molar-refractivity contribution in [2.24, 2.45) is 0 Å². The summed E-state index contributed by atoms with van der Waals surface area (Å²) in [6, 6.07) is 7.02. The molecule has 0 unspecified atom stereocenters. The number of hydrogen-bond donors (Lipinski definition) is 0. The maximum Gasteiger partial charge on any atom is 0.175 e. The van der Waals surface area contributed by atoms with Crippen molar-refractivity contribution in [1.29, 1.82) is 0 Å². The predicted octanol–water partition coefficient (Wildman–Crippen LogP) is 11.0. The summed E-state index contributed by atoms with van der Waals surface area (Å²) in [5, 5.41) is 0. The molecule has 40 heavy (non-hydrogen) atoms. The molecule has 2 rings (SSSR count). The van der Waals surface area contributed by atoms with Gasteiger partial charge >= 0.3 is 0 Å². The summed E-state index contributed by atoms with van der Waals surface area (Å²) in [5.74, 6) is 0. The number of aryl methyl sites for hydroxylation is 2. The fourth-order valence-electron chi connectivity index (χ4n) is 10.7. The lowest BCUT2D eigenvalue weighted by Gasteiger charge is -2.62. The lowest BCUT2D eigenvalue weighted by molar-refractivity contribution is 1.26. The summed E-state index contributed by atoms with van der Waals surface area (Å²) >= 11 is 0. The standard InChI is InChI=1S/C27H63N3P2Si8/c1-24-22-21-23-25(2)26(24)29(39(33(3,4)5,34(6,7)8)35(9,10)11)27-28-32-30(31-27)40(36(12,13)14,37(15,16)17)38(18,19)20/h21-23H,1-20H3. The fourth-order valence-corrected chi connectivity index (χ4v) is 228. The highest BCUT2D eigenvalue weighted by Crippen LogP contribution is 2.51. The molecule has 0 saturated carbocycles. The molecule has 0 amide bonds. The van der Waals surface area contributed by atoms with Gasteiger partial charge in [0.1, 0.15) is 22.1 Å². The van der Waals surface area contributed by atoms with Crippen molar-refractivity contribution in [1.82, 2.24) is 8.50 Å². The highest BCUT2D eigenvalue weighted by atomic mass is 31.1. The molecule has 228 valence electrons. The van der Waals surface area contributed by atoms with Crippen LogP contribution in [0.15, 0.2) is 18.2 Å². The maximum atomic E-state index is 5.72. The molecule has 1 aromatic heterocycles. The van der Waals surface area contributed by atoms with Crippen molar-refractivity contribution in [3.63, 3.8) is 0 Å². The van der Waals surface area contributed by atoms with Crippen LogP contribution < -0.4 is 4.57 Å². The Morgan fingerprint density at radius 1 is 0.575 bits per heavy atom. The summed E-state index contributed by atoms with van der Waals surface area (Å²) in [6.07, 6.45) is 0. The molecular formula is C27H63N3P2Si8. The van der Waals surface area contributed by atoms with Gasteiger partial charge in [-0.15, -0.1) is 0 Å². The topological polar surface area (TPSA) is 21.1 Å². The quantitative estimate of drug-likeness (QED) is 0.228. The largest absolute Gasteiger partial charge is 0.355 e. The first-order valence-corrected chi connectivity index (χ1v) is 47.7. The number of anilines is 2. The Morgan fingerprint density at radius 3 is 1.23 bits per heavy atom. The summed E-state index contributed by atoms with van der Waals surface area (Å²) < 4.78 is 11.9. The molecule has 0 aliphatic carbocycles. The Bertz CT molecular complexity index is 1110. The van der Waals surface area contributed by atoms with Gasteiger partial charge in [0.05, 0.1) is 53.9 Å². The van der Waals surface area contributed by atoms with Gasteiger partial charge in [-0.25, -0.2) is 0 Å². The highest BCUT2D eigenvalue weighted by molar-refractivity contribution is 7.92. The summed E-state index contributed by atoms with van der Waals surface area (Å²) in [7, 11) is -6.58. The average molecular weight is 716 g/mol. The average Bonchev–Trinajstić information content (AvgIpc) is 3.09.